The second-order valence-corrected chi connectivity index (χ2v) is 8.11. The molecule has 0 aliphatic carbocycles. The summed E-state index contributed by atoms with van der Waals surface area (Å²) in [7, 11) is 0. The molecule has 6 heteroatoms. The van der Waals surface area contributed by atoms with E-state index in [0.29, 0.717) is 26.2 Å². The molecule has 0 atom stereocenters. The van der Waals surface area contributed by atoms with Crippen LogP contribution in [0.15, 0.2) is 73.1 Å². The van der Waals surface area contributed by atoms with Crippen LogP contribution in [0.25, 0.3) is 5.65 Å². The number of rotatable bonds is 10. The van der Waals surface area contributed by atoms with Crippen LogP contribution < -0.4 is 10.1 Å². The molecule has 0 aliphatic heterocycles. The number of benzene rings is 2. The first kappa shape index (κ1) is 22.6. The fourth-order valence-electron chi connectivity index (χ4n) is 3.66. The molecule has 4 rings (SSSR count). The largest absolute Gasteiger partial charge is 0.485 e. The van der Waals surface area contributed by atoms with Crippen LogP contribution in [0, 0.1) is 13.8 Å². The highest BCUT2D eigenvalue weighted by atomic mass is 16.5. The number of aromatic nitrogens is 2. The maximum Gasteiger partial charge on any atom is 0.246 e. The molecule has 0 saturated carbocycles. The van der Waals surface area contributed by atoms with Crippen molar-refractivity contribution in [3.63, 3.8) is 0 Å². The normalized spacial score (nSPS) is 11.0. The summed E-state index contributed by atoms with van der Waals surface area (Å²) in [4.78, 5) is 16.6. The molecule has 0 saturated heterocycles. The van der Waals surface area contributed by atoms with Gasteiger partial charge in [-0.15, -0.1) is 0 Å². The Labute approximate surface area is 194 Å². The summed E-state index contributed by atoms with van der Waals surface area (Å²) in [5.74, 6) is 0.611. The Bertz CT molecular complexity index is 1220. The molecule has 0 aliphatic rings. The monoisotopic (exact) mass is 443 g/mol. The Hall–Kier alpha value is -3.64. The molecule has 2 aromatic carbocycles. The molecule has 2 aromatic heterocycles. The summed E-state index contributed by atoms with van der Waals surface area (Å²) in [6.07, 6.45) is 4.46. The standard InChI is InChI=1S/C27H29N3O3/c1-20-10-11-21(2)23(15-20)18-33-25-9-6-14-30-24(16-29-27(25)30)12-13-28-26(31)19-32-17-22-7-4-3-5-8-22/h3-11,14-16H,12-13,17-19H2,1-2H3,(H,28,31). The van der Waals surface area contributed by atoms with Crippen LogP contribution >= 0.6 is 0 Å². The predicted octanol–water partition coefficient (Wildman–Crippen LogP) is 4.41. The van der Waals surface area contributed by atoms with Gasteiger partial charge >= 0.3 is 0 Å². The SMILES string of the molecule is Cc1ccc(C)c(COc2cccn3c(CCNC(=O)COCc4ccccc4)cnc23)c1. The Balaban J connectivity index is 1.29. The number of hydrogen-bond acceptors (Lipinski definition) is 4. The fourth-order valence-corrected chi connectivity index (χ4v) is 3.66. The minimum absolute atomic E-state index is 0.0401. The molecule has 0 unspecified atom stereocenters. The number of carbonyl (C=O) groups is 1. The number of ether oxygens (including phenoxy) is 2. The average Bonchev–Trinajstić information content (AvgIpc) is 3.24. The smallest absolute Gasteiger partial charge is 0.246 e. The Morgan fingerprint density at radius 1 is 1.03 bits per heavy atom. The van der Waals surface area contributed by atoms with Gasteiger partial charge in [-0.2, -0.15) is 0 Å². The third kappa shape index (κ3) is 5.99. The van der Waals surface area contributed by atoms with Gasteiger partial charge in [0.05, 0.1) is 6.61 Å². The van der Waals surface area contributed by atoms with E-state index in [1.54, 1.807) is 0 Å². The summed E-state index contributed by atoms with van der Waals surface area (Å²) in [6.45, 7) is 5.64. The third-order valence-corrected chi connectivity index (χ3v) is 5.51. The first-order valence-corrected chi connectivity index (χ1v) is 11.1. The van der Waals surface area contributed by atoms with Gasteiger partial charge < -0.3 is 19.2 Å². The van der Waals surface area contributed by atoms with E-state index in [-0.39, 0.29) is 12.5 Å². The van der Waals surface area contributed by atoms with Crippen molar-refractivity contribution in [3.8, 4) is 5.75 Å². The maximum atomic E-state index is 12.1. The van der Waals surface area contributed by atoms with Crippen LogP contribution in [-0.4, -0.2) is 28.4 Å². The zero-order valence-electron chi connectivity index (χ0n) is 19.1. The van der Waals surface area contributed by atoms with Gasteiger partial charge in [0.1, 0.15) is 13.2 Å². The molecule has 4 aromatic rings. The fraction of sp³-hybridized carbons (Fsp3) is 0.259. The quantitative estimate of drug-likeness (QED) is 0.394. The highest BCUT2D eigenvalue weighted by Gasteiger charge is 2.10. The van der Waals surface area contributed by atoms with E-state index in [4.69, 9.17) is 9.47 Å². The molecular weight excluding hydrogens is 414 g/mol. The van der Waals surface area contributed by atoms with Crippen LogP contribution in [-0.2, 0) is 29.2 Å². The van der Waals surface area contributed by atoms with E-state index >= 15 is 0 Å². The molecule has 1 amide bonds. The summed E-state index contributed by atoms with van der Waals surface area (Å²) < 4.78 is 13.6. The van der Waals surface area contributed by atoms with Gasteiger partial charge in [-0.3, -0.25) is 4.79 Å². The molecule has 33 heavy (non-hydrogen) atoms. The van der Waals surface area contributed by atoms with Gasteiger partial charge in [0.15, 0.2) is 11.4 Å². The lowest BCUT2D eigenvalue weighted by Gasteiger charge is -2.11. The summed E-state index contributed by atoms with van der Waals surface area (Å²) in [6, 6.07) is 20.1. The van der Waals surface area contributed by atoms with E-state index in [0.717, 1.165) is 22.7 Å². The molecule has 0 radical (unpaired) electrons. The van der Waals surface area contributed by atoms with Crippen molar-refractivity contribution in [1.82, 2.24) is 14.7 Å². The number of nitrogens with zero attached hydrogens (tertiary/aromatic N) is 2. The number of amides is 1. The second-order valence-electron chi connectivity index (χ2n) is 8.11. The lowest BCUT2D eigenvalue weighted by atomic mass is 10.1. The minimum Gasteiger partial charge on any atom is -0.485 e. The number of fused-ring (bicyclic) bond motifs is 1. The second kappa shape index (κ2) is 10.8. The number of nitrogens with one attached hydrogen (secondary N) is 1. The van der Waals surface area contributed by atoms with Crippen LogP contribution in [0.1, 0.15) is 27.9 Å². The number of hydrogen-bond donors (Lipinski definition) is 1. The highest BCUT2D eigenvalue weighted by molar-refractivity contribution is 5.77. The lowest BCUT2D eigenvalue weighted by molar-refractivity contribution is -0.126. The van der Waals surface area contributed by atoms with Crippen LogP contribution in [0.4, 0.5) is 0 Å². The van der Waals surface area contributed by atoms with Gasteiger partial charge in [0.25, 0.3) is 0 Å². The van der Waals surface area contributed by atoms with Gasteiger partial charge in [-0.1, -0.05) is 54.1 Å². The van der Waals surface area contributed by atoms with Crippen molar-refractivity contribution in [2.45, 2.75) is 33.5 Å². The molecule has 1 N–H and O–H groups in total. The molecule has 170 valence electrons. The molecule has 0 spiro atoms. The van der Waals surface area contributed by atoms with Crippen molar-refractivity contribution in [1.29, 1.82) is 0 Å². The zero-order chi connectivity index (χ0) is 23.0. The first-order valence-electron chi connectivity index (χ1n) is 11.1. The van der Waals surface area contributed by atoms with Gasteiger partial charge in [0, 0.05) is 31.1 Å². The van der Waals surface area contributed by atoms with Crippen LogP contribution in [0.5, 0.6) is 5.75 Å². The van der Waals surface area contributed by atoms with Crippen molar-refractivity contribution < 1.29 is 14.3 Å². The lowest BCUT2D eigenvalue weighted by Crippen LogP contribution is -2.29. The van der Waals surface area contributed by atoms with Gasteiger partial charge in [-0.25, -0.2) is 4.98 Å². The summed E-state index contributed by atoms with van der Waals surface area (Å²) in [5.41, 5.74) is 6.42. The Morgan fingerprint density at radius 2 is 1.88 bits per heavy atom. The zero-order valence-corrected chi connectivity index (χ0v) is 19.1. The number of pyridine rings is 1. The number of aryl methyl sites for hydroxylation is 2. The van der Waals surface area contributed by atoms with E-state index in [1.165, 1.54) is 16.7 Å². The van der Waals surface area contributed by atoms with E-state index in [1.807, 2.05) is 59.3 Å². The predicted molar refractivity (Wildman–Crippen MR) is 128 cm³/mol. The summed E-state index contributed by atoms with van der Waals surface area (Å²) >= 11 is 0. The van der Waals surface area contributed by atoms with Crippen molar-refractivity contribution in [2.75, 3.05) is 13.2 Å². The first-order chi connectivity index (χ1) is 16.1. The molecular formula is C27H29N3O3. The summed E-state index contributed by atoms with van der Waals surface area (Å²) in [5, 5.41) is 2.91. The molecule has 0 bridgehead atoms. The number of carbonyl (C=O) groups excluding carboxylic acids is 1. The van der Waals surface area contributed by atoms with Crippen molar-refractivity contribution in [2.24, 2.45) is 0 Å². The number of imidazole rings is 1. The Kier molecular flexibility index (Phi) is 7.37. The molecule has 2 heterocycles. The Morgan fingerprint density at radius 3 is 2.73 bits per heavy atom. The topological polar surface area (TPSA) is 64.9 Å². The molecule has 6 nitrogen and oxygen atoms in total. The van der Waals surface area contributed by atoms with Gasteiger partial charge in [0.2, 0.25) is 5.91 Å². The average molecular weight is 444 g/mol. The van der Waals surface area contributed by atoms with Crippen LogP contribution in [0.3, 0.4) is 0 Å². The highest BCUT2D eigenvalue weighted by Crippen LogP contribution is 2.22. The van der Waals surface area contributed by atoms with E-state index in [9.17, 15) is 4.79 Å². The van der Waals surface area contributed by atoms with E-state index < -0.39 is 0 Å². The van der Waals surface area contributed by atoms with Gasteiger partial charge in [-0.05, 0) is 42.7 Å². The third-order valence-electron chi connectivity index (χ3n) is 5.51. The van der Waals surface area contributed by atoms with Crippen molar-refractivity contribution in [3.05, 3.63) is 101 Å². The minimum atomic E-state index is -0.128. The molecule has 0 fully saturated rings. The van der Waals surface area contributed by atoms with Crippen LogP contribution in [0.2, 0.25) is 0 Å². The maximum absolute atomic E-state index is 12.1. The van der Waals surface area contributed by atoms with E-state index in [2.05, 4.69) is 42.3 Å². The van der Waals surface area contributed by atoms with Crippen molar-refractivity contribution >= 4 is 11.6 Å².